The van der Waals surface area contributed by atoms with E-state index in [0.29, 0.717) is 19.7 Å². The molecule has 1 saturated heterocycles. The maximum absolute atomic E-state index is 12.1. The Kier molecular flexibility index (Phi) is 5.64. The zero-order chi connectivity index (χ0) is 16.9. The molecule has 0 aromatic heterocycles. The van der Waals surface area contributed by atoms with Crippen LogP contribution in [0.25, 0.3) is 0 Å². The van der Waals surface area contributed by atoms with Crippen LogP contribution in [0, 0.1) is 5.41 Å². The highest BCUT2D eigenvalue weighted by Crippen LogP contribution is 2.17. The van der Waals surface area contributed by atoms with E-state index in [1.807, 2.05) is 51.1 Å². The summed E-state index contributed by atoms with van der Waals surface area (Å²) in [4.78, 5) is 25.8. The summed E-state index contributed by atoms with van der Waals surface area (Å²) in [5.74, 6) is 0.0580. The molecule has 1 aliphatic rings. The number of nitrogens with zero attached hydrogens (tertiary/aromatic N) is 1. The highest BCUT2D eigenvalue weighted by atomic mass is 16.6. The van der Waals surface area contributed by atoms with E-state index in [4.69, 9.17) is 4.74 Å². The number of hydrogen-bond donors (Lipinski definition) is 1. The van der Waals surface area contributed by atoms with Gasteiger partial charge < -0.3 is 15.0 Å². The third-order valence-corrected chi connectivity index (χ3v) is 3.97. The summed E-state index contributed by atoms with van der Waals surface area (Å²) in [6.45, 7) is 7.22. The van der Waals surface area contributed by atoms with Crippen molar-refractivity contribution >= 4 is 12.0 Å². The minimum Gasteiger partial charge on any atom is -0.445 e. The number of piperidine rings is 1. The fourth-order valence-electron chi connectivity index (χ4n) is 2.42. The van der Waals surface area contributed by atoms with E-state index in [1.54, 1.807) is 4.90 Å². The Morgan fingerprint density at radius 1 is 1.17 bits per heavy atom. The summed E-state index contributed by atoms with van der Waals surface area (Å²) in [5, 5.41) is 3.06. The molecule has 23 heavy (non-hydrogen) atoms. The van der Waals surface area contributed by atoms with Crippen LogP contribution in [0.3, 0.4) is 0 Å². The van der Waals surface area contributed by atoms with Crippen LogP contribution in [0.2, 0.25) is 0 Å². The Balaban J connectivity index is 1.73. The standard InChI is InChI=1S/C18H26N2O3/c1-18(2,3)16(21)19-15-9-11-20(12-10-15)17(22)23-13-14-7-5-4-6-8-14/h4-8,15H,9-13H2,1-3H3,(H,19,21). The topological polar surface area (TPSA) is 58.6 Å². The van der Waals surface area contributed by atoms with Crippen molar-refractivity contribution < 1.29 is 14.3 Å². The third kappa shape index (κ3) is 5.27. The average molecular weight is 318 g/mol. The molecule has 1 aromatic carbocycles. The number of ether oxygens (including phenoxy) is 1. The lowest BCUT2D eigenvalue weighted by molar-refractivity contribution is -0.129. The van der Waals surface area contributed by atoms with Crippen LogP contribution in [0.1, 0.15) is 39.2 Å². The van der Waals surface area contributed by atoms with E-state index in [9.17, 15) is 9.59 Å². The van der Waals surface area contributed by atoms with Crippen molar-refractivity contribution in [2.45, 2.75) is 46.3 Å². The molecule has 5 nitrogen and oxygen atoms in total. The highest BCUT2D eigenvalue weighted by molar-refractivity contribution is 5.81. The molecule has 2 amide bonds. The zero-order valence-electron chi connectivity index (χ0n) is 14.2. The predicted molar refractivity (Wildman–Crippen MR) is 88.8 cm³/mol. The van der Waals surface area contributed by atoms with Crippen LogP contribution in [0.5, 0.6) is 0 Å². The van der Waals surface area contributed by atoms with Crippen LogP contribution < -0.4 is 5.32 Å². The Hall–Kier alpha value is -2.04. The van der Waals surface area contributed by atoms with Gasteiger partial charge in [-0.1, -0.05) is 51.1 Å². The number of benzene rings is 1. The number of amides is 2. The monoisotopic (exact) mass is 318 g/mol. The van der Waals surface area contributed by atoms with Gasteiger partial charge in [-0.05, 0) is 18.4 Å². The normalized spacial score (nSPS) is 16.0. The van der Waals surface area contributed by atoms with Gasteiger partial charge in [0.25, 0.3) is 0 Å². The van der Waals surface area contributed by atoms with Gasteiger partial charge >= 0.3 is 6.09 Å². The summed E-state index contributed by atoms with van der Waals surface area (Å²) in [7, 11) is 0. The quantitative estimate of drug-likeness (QED) is 0.932. The number of likely N-dealkylation sites (tertiary alicyclic amines) is 1. The Morgan fingerprint density at radius 3 is 2.35 bits per heavy atom. The van der Waals surface area contributed by atoms with Crippen LogP contribution in [0.15, 0.2) is 30.3 Å². The highest BCUT2D eigenvalue weighted by Gasteiger charge is 2.28. The van der Waals surface area contributed by atoms with E-state index in [-0.39, 0.29) is 23.5 Å². The Labute approximate surface area is 138 Å². The van der Waals surface area contributed by atoms with E-state index >= 15 is 0 Å². The summed E-state index contributed by atoms with van der Waals surface area (Å²) >= 11 is 0. The van der Waals surface area contributed by atoms with E-state index in [2.05, 4.69) is 5.32 Å². The SMILES string of the molecule is CC(C)(C)C(=O)NC1CCN(C(=O)OCc2ccccc2)CC1. The molecule has 5 heteroatoms. The van der Waals surface area contributed by atoms with Crippen LogP contribution in [0.4, 0.5) is 4.79 Å². The van der Waals surface area contributed by atoms with Gasteiger partial charge in [-0.3, -0.25) is 4.79 Å². The summed E-state index contributed by atoms with van der Waals surface area (Å²) in [6, 6.07) is 9.78. The second-order valence-electron chi connectivity index (χ2n) is 7.02. The van der Waals surface area contributed by atoms with E-state index in [1.165, 1.54) is 0 Å². The molecule has 1 heterocycles. The lowest BCUT2D eigenvalue weighted by Gasteiger charge is -2.33. The maximum atomic E-state index is 12.1. The first-order valence-electron chi connectivity index (χ1n) is 8.13. The molecule has 0 spiro atoms. The second kappa shape index (κ2) is 7.49. The maximum Gasteiger partial charge on any atom is 0.410 e. The molecule has 2 rings (SSSR count). The lowest BCUT2D eigenvalue weighted by atomic mass is 9.94. The second-order valence-corrected chi connectivity index (χ2v) is 7.02. The summed E-state index contributed by atoms with van der Waals surface area (Å²) < 4.78 is 5.34. The van der Waals surface area contributed by atoms with Crippen LogP contribution in [-0.4, -0.2) is 36.0 Å². The van der Waals surface area contributed by atoms with Gasteiger partial charge in [-0.2, -0.15) is 0 Å². The molecule has 0 unspecified atom stereocenters. The molecule has 0 atom stereocenters. The lowest BCUT2D eigenvalue weighted by Crippen LogP contribution is -2.49. The van der Waals surface area contributed by atoms with E-state index in [0.717, 1.165) is 18.4 Å². The first-order chi connectivity index (χ1) is 10.9. The third-order valence-electron chi connectivity index (χ3n) is 3.97. The number of nitrogens with one attached hydrogen (secondary N) is 1. The van der Waals surface area contributed by atoms with Gasteiger partial charge in [0.15, 0.2) is 0 Å². The molecular weight excluding hydrogens is 292 g/mol. The molecule has 0 saturated carbocycles. The molecule has 1 aliphatic heterocycles. The molecular formula is C18H26N2O3. The average Bonchev–Trinajstić information content (AvgIpc) is 2.53. The van der Waals surface area contributed by atoms with Crippen molar-refractivity contribution in [3.8, 4) is 0 Å². The summed E-state index contributed by atoms with van der Waals surface area (Å²) in [5.41, 5.74) is 0.597. The van der Waals surface area contributed by atoms with Crippen molar-refractivity contribution in [3.05, 3.63) is 35.9 Å². The van der Waals surface area contributed by atoms with Crippen molar-refractivity contribution in [1.82, 2.24) is 10.2 Å². The fourth-order valence-corrected chi connectivity index (χ4v) is 2.42. The molecule has 1 aromatic rings. The molecule has 1 N–H and O–H groups in total. The largest absolute Gasteiger partial charge is 0.445 e. The van der Waals surface area contributed by atoms with Gasteiger partial charge in [0, 0.05) is 24.5 Å². The minimum absolute atomic E-state index is 0.0580. The van der Waals surface area contributed by atoms with Gasteiger partial charge in [-0.15, -0.1) is 0 Å². The Bertz CT molecular complexity index is 529. The zero-order valence-corrected chi connectivity index (χ0v) is 14.2. The number of carbonyl (C=O) groups excluding carboxylic acids is 2. The molecule has 0 bridgehead atoms. The molecule has 1 fully saturated rings. The molecule has 126 valence electrons. The molecule has 0 aliphatic carbocycles. The number of rotatable bonds is 3. The Morgan fingerprint density at radius 2 is 1.78 bits per heavy atom. The first-order valence-corrected chi connectivity index (χ1v) is 8.13. The van der Waals surface area contributed by atoms with Crippen LogP contribution in [-0.2, 0) is 16.1 Å². The summed E-state index contributed by atoms with van der Waals surface area (Å²) in [6.07, 6.45) is 1.25. The van der Waals surface area contributed by atoms with Crippen molar-refractivity contribution in [1.29, 1.82) is 0 Å². The van der Waals surface area contributed by atoms with E-state index < -0.39 is 0 Å². The fraction of sp³-hybridized carbons (Fsp3) is 0.556. The smallest absolute Gasteiger partial charge is 0.410 e. The van der Waals surface area contributed by atoms with Gasteiger partial charge in [-0.25, -0.2) is 4.79 Å². The van der Waals surface area contributed by atoms with Crippen LogP contribution >= 0.6 is 0 Å². The molecule has 0 radical (unpaired) electrons. The number of hydrogen-bond acceptors (Lipinski definition) is 3. The van der Waals surface area contributed by atoms with Gasteiger partial charge in [0.1, 0.15) is 6.61 Å². The van der Waals surface area contributed by atoms with Crippen molar-refractivity contribution in [2.75, 3.05) is 13.1 Å². The first kappa shape index (κ1) is 17.3. The number of carbonyl (C=O) groups is 2. The van der Waals surface area contributed by atoms with Crippen molar-refractivity contribution in [3.63, 3.8) is 0 Å². The van der Waals surface area contributed by atoms with Gasteiger partial charge in [0.2, 0.25) is 5.91 Å². The predicted octanol–water partition coefficient (Wildman–Crippen LogP) is 2.95. The van der Waals surface area contributed by atoms with Crippen molar-refractivity contribution in [2.24, 2.45) is 5.41 Å². The van der Waals surface area contributed by atoms with Gasteiger partial charge in [0.05, 0.1) is 0 Å². The minimum atomic E-state index is -0.383.